The predicted molar refractivity (Wildman–Crippen MR) is 106 cm³/mol. The van der Waals surface area contributed by atoms with Crippen molar-refractivity contribution in [2.24, 2.45) is 10.7 Å². The topological polar surface area (TPSA) is 63.3 Å². The normalized spacial score (nSPS) is 11.1. The number of aliphatic imine (C=N–C) groups is 1. The van der Waals surface area contributed by atoms with Crippen molar-refractivity contribution in [3.63, 3.8) is 0 Å². The summed E-state index contributed by atoms with van der Waals surface area (Å²) >= 11 is 1.65. The van der Waals surface area contributed by atoms with Gasteiger partial charge in [-0.2, -0.15) is 0 Å². The number of aromatic nitrogens is 1. The molecular weight excluding hydrogens is 407 g/mol. The number of aryl methyl sites for hydroxylation is 3. The molecule has 1 heterocycles. The third-order valence-electron chi connectivity index (χ3n) is 3.33. The molecule has 0 amide bonds. The fraction of sp³-hybridized carbons (Fsp3) is 0.375. The van der Waals surface area contributed by atoms with Crippen molar-refractivity contribution in [2.75, 3.05) is 5.32 Å². The second kappa shape index (κ2) is 9.09. The van der Waals surface area contributed by atoms with Crippen LogP contribution in [-0.2, 0) is 19.4 Å². The number of halogens is 1. The Kier molecular flexibility index (Phi) is 7.81. The van der Waals surface area contributed by atoms with Crippen LogP contribution < -0.4 is 11.1 Å². The maximum atomic E-state index is 6.03. The molecule has 1 aromatic heterocycles. The van der Waals surface area contributed by atoms with Crippen LogP contribution in [0, 0.1) is 6.92 Å². The summed E-state index contributed by atoms with van der Waals surface area (Å²) in [5.41, 5.74) is 9.66. The maximum absolute atomic E-state index is 6.03. The molecule has 2 aromatic rings. The van der Waals surface area contributed by atoms with Crippen LogP contribution in [0.25, 0.3) is 0 Å². The van der Waals surface area contributed by atoms with Crippen molar-refractivity contribution in [2.45, 2.75) is 40.2 Å². The molecule has 1 aromatic carbocycles. The van der Waals surface area contributed by atoms with E-state index in [1.807, 2.05) is 13.1 Å². The van der Waals surface area contributed by atoms with E-state index in [4.69, 9.17) is 5.73 Å². The van der Waals surface area contributed by atoms with Gasteiger partial charge in [-0.05, 0) is 30.9 Å². The van der Waals surface area contributed by atoms with Crippen molar-refractivity contribution >= 4 is 47.0 Å². The van der Waals surface area contributed by atoms with E-state index < -0.39 is 0 Å². The summed E-state index contributed by atoms with van der Waals surface area (Å²) in [7, 11) is 0. The minimum Gasteiger partial charge on any atom is -0.370 e. The Bertz CT molecular complexity index is 615. The van der Waals surface area contributed by atoms with E-state index in [0.717, 1.165) is 28.4 Å². The predicted octanol–water partition coefficient (Wildman–Crippen LogP) is 4.12. The Morgan fingerprint density at radius 1 is 1.27 bits per heavy atom. The lowest BCUT2D eigenvalue weighted by Crippen LogP contribution is -2.24. The van der Waals surface area contributed by atoms with E-state index in [-0.39, 0.29) is 24.0 Å². The summed E-state index contributed by atoms with van der Waals surface area (Å²) in [6.45, 7) is 6.85. The molecule has 0 saturated carbocycles. The second-order valence-electron chi connectivity index (χ2n) is 4.83. The monoisotopic (exact) mass is 430 g/mol. The first-order chi connectivity index (χ1) is 10.1. The first-order valence-electron chi connectivity index (χ1n) is 7.23. The number of anilines is 1. The zero-order valence-electron chi connectivity index (χ0n) is 13.2. The van der Waals surface area contributed by atoms with Crippen molar-refractivity contribution in [1.82, 2.24) is 4.98 Å². The fourth-order valence-electron chi connectivity index (χ4n) is 2.21. The van der Waals surface area contributed by atoms with Crippen LogP contribution in [0.4, 0.5) is 5.69 Å². The van der Waals surface area contributed by atoms with Crippen molar-refractivity contribution in [3.8, 4) is 0 Å². The number of hydrogen-bond acceptors (Lipinski definition) is 3. The number of rotatable bonds is 5. The number of thiazole rings is 1. The molecule has 120 valence electrons. The molecule has 0 unspecified atom stereocenters. The summed E-state index contributed by atoms with van der Waals surface area (Å²) in [4.78, 5) is 9.75. The number of benzene rings is 1. The summed E-state index contributed by atoms with van der Waals surface area (Å²) in [5.74, 6) is 0.455. The van der Waals surface area contributed by atoms with Crippen LogP contribution >= 0.6 is 35.3 Å². The largest absolute Gasteiger partial charge is 0.370 e. The van der Waals surface area contributed by atoms with Crippen molar-refractivity contribution in [3.05, 3.63) is 45.4 Å². The van der Waals surface area contributed by atoms with Crippen molar-refractivity contribution in [1.29, 1.82) is 0 Å². The molecular formula is C16H23IN4S. The lowest BCUT2D eigenvalue weighted by atomic mass is 10.0. The number of nitrogens with one attached hydrogen (secondary N) is 1. The van der Waals surface area contributed by atoms with Gasteiger partial charge in [-0.1, -0.05) is 32.0 Å². The summed E-state index contributed by atoms with van der Waals surface area (Å²) in [6.07, 6.45) is 3.79. The Labute approximate surface area is 153 Å². The highest BCUT2D eigenvalue weighted by Crippen LogP contribution is 2.22. The molecule has 0 saturated heterocycles. The molecule has 6 heteroatoms. The molecule has 0 fully saturated rings. The maximum Gasteiger partial charge on any atom is 0.193 e. The van der Waals surface area contributed by atoms with E-state index in [2.05, 4.69) is 47.3 Å². The zero-order valence-corrected chi connectivity index (χ0v) is 16.4. The molecule has 0 bridgehead atoms. The molecule has 0 radical (unpaired) electrons. The number of para-hydroxylation sites is 1. The van der Waals surface area contributed by atoms with Gasteiger partial charge in [0.2, 0.25) is 0 Å². The van der Waals surface area contributed by atoms with Crippen LogP contribution in [0.1, 0.15) is 34.9 Å². The zero-order chi connectivity index (χ0) is 15.2. The van der Waals surface area contributed by atoms with Gasteiger partial charge in [0.1, 0.15) is 0 Å². The van der Waals surface area contributed by atoms with Gasteiger partial charge in [0, 0.05) is 16.8 Å². The van der Waals surface area contributed by atoms with Crippen LogP contribution in [-0.4, -0.2) is 10.9 Å². The molecule has 0 aliphatic rings. The van der Waals surface area contributed by atoms with Gasteiger partial charge in [-0.3, -0.25) is 0 Å². The molecule has 0 aliphatic carbocycles. The third kappa shape index (κ3) is 4.95. The Morgan fingerprint density at radius 2 is 1.91 bits per heavy atom. The van der Waals surface area contributed by atoms with E-state index >= 15 is 0 Å². The van der Waals surface area contributed by atoms with Gasteiger partial charge in [-0.15, -0.1) is 35.3 Å². The second-order valence-corrected chi connectivity index (χ2v) is 6.15. The van der Waals surface area contributed by atoms with E-state index in [0.29, 0.717) is 12.5 Å². The SMILES string of the molecule is CCc1cccc(CC)c1NC(N)=NCc1cnc(C)s1.I. The van der Waals surface area contributed by atoms with Crippen LogP contribution in [0.5, 0.6) is 0 Å². The molecule has 22 heavy (non-hydrogen) atoms. The van der Waals surface area contributed by atoms with Crippen LogP contribution in [0.2, 0.25) is 0 Å². The number of guanidine groups is 1. The van der Waals surface area contributed by atoms with Crippen molar-refractivity contribution < 1.29 is 0 Å². The molecule has 3 N–H and O–H groups in total. The fourth-order valence-corrected chi connectivity index (χ4v) is 2.93. The van der Waals surface area contributed by atoms with Gasteiger partial charge >= 0.3 is 0 Å². The third-order valence-corrected chi connectivity index (χ3v) is 4.22. The molecule has 0 atom stereocenters. The number of nitrogens with zero attached hydrogens (tertiary/aromatic N) is 2. The molecule has 4 nitrogen and oxygen atoms in total. The molecule has 0 aliphatic heterocycles. The first kappa shape index (κ1) is 18.9. The minimum absolute atomic E-state index is 0. The van der Waals surface area contributed by atoms with E-state index in [9.17, 15) is 0 Å². The lowest BCUT2D eigenvalue weighted by molar-refractivity contribution is 1.07. The summed E-state index contributed by atoms with van der Waals surface area (Å²) in [5, 5.41) is 4.32. The highest BCUT2D eigenvalue weighted by molar-refractivity contribution is 14.0. The summed E-state index contributed by atoms with van der Waals surface area (Å²) in [6, 6.07) is 6.35. The first-order valence-corrected chi connectivity index (χ1v) is 8.04. The average molecular weight is 430 g/mol. The molecule has 2 rings (SSSR count). The van der Waals surface area contributed by atoms with E-state index in [1.165, 1.54) is 11.1 Å². The highest BCUT2D eigenvalue weighted by Gasteiger charge is 2.07. The molecule has 0 spiro atoms. The van der Waals surface area contributed by atoms with Crippen LogP contribution in [0.15, 0.2) is 29.4 Å². The van der Waals surface area contributed by atoms with Gasteiger partial charge < -0.3 is 11.1 Å². The Morgan fingerprint density at radius 3 is 2.41 bits per heavy atom. The van der Waals surface area contributed by atoms with Gasteiger partial charge in [0.25, 0.3) is 0 Å². The van der Waals surface area contributed by atoms with Gasteiger partial charge in [0.05, 0.1) is 11.6 Å². The van der Waals surface area contributed by atoms with Gasteiger partial charge in [0.15, 0.2) is 5.96 Å². The summed E-state index contributed by atoms with van der Waals surface area (Å²) < 4.78 is 0. The Balaban J connectivity index is 0.00000242. The Hall–Kier alpha value is -1.15. The van der Waals surface area contributed by atoms with E-state index in [1.54, 1.807) is 11.3 Å². The quantitative estimate of drug-likeness (QED) is 0.426. The minimum atomic E-state index is 0. The highest BCUT2D eigenvalue weighted by atomic mass is 127. The lowest BCUT2D eigenvalue weighted by Gasteiger charge is -2.14. The smallest absolute Gasteiger partial charge is 0.193 e. The standard InChI is InChI=1S/C16H22N4S.HI/c1-4-12-7-6-8-13(5-2)15(12)20-16(17)19-10-14-9-18-11(3)21-14;/h6-9H,4-5,10H2,1-3H3,(H3,17,19,20);1H. The van der Waals surface area contributed by atoms with Gasteiger partial charge in [-0.25, -0.2) is 9.98 Å². The number of hydrogen-bond donors (Lipinski definition) is 2. The van der Waals surface area contributed by atoms with Crippen LogP contribution in [0.3, 0.4) is 0 Å². The number of nitrogens with two attached hydrogens (primary N) is 1. The average Bonchev–Trinajstić information content (AvgIpc) is 2.91.